The number of nitrogens with zero attached hydrogens (tertiary/aromatic N) is 5. The Morgan fingerprint density at radius 3 is 1.65 bits per heavy atom. The molecule has 1 saturated heterocycles. The van der Waals surface area contributed by atoms with Crippen molar-refractivity contribution in [2.75, 3.05) is 4.90 Å². The van der Waals surface area contributed by atoms with Crippen LogP contribution in [0.2, 0.25) is 0 Å². The standard InChI is InChI=1S/C17H20I33N5/c1-10(2)54-14(5,40(23)37-20)17(43(26)49(34)46(30)31,44(27)50(35)48(33)39-22)55(12-51-11-8-6-7-9-53(11)52-12)16(41(24)45(28)29,42(25)47(32)38-21)13(3,4)15(54,18)36-19/h6-10H,1-5H3/q-4. The molecule has 5 nitrogen and oxygen atoms in total. The van der Waals surface area contributed by atoms with E-state index in [9.17, 15) is 0 Å². The van der Waals surface area contributed by atoms with Gasteiger partial charge in [0, 0.05) is 0 Å². The average molecular weight is 4480 g/mol. The molecule has 0 bridgehead atoms. The molecule has 0 aliphatic carbocycles. The molecule has 3 heterocycles. The van der Waals surface area contributed by atoms with Gasteiger partial charge in [0.05, 0.1) is 0 Å². The third-order valence-corrected chi connectivity index (χ3v) is 1070. The third-order valence-electron chi connectivity index (χ3n) is 7.12. The Kier molecular flexibility index (Phi) is 44.1. The van der Waals surface area contributed by atoms with Crippen LogP contribution in [0.15, 0.2) is 24.4 Å². The molecule has 0 N–H and O–H groups in total. The number of alkyl halides is 7. The maximum absolute atomic E-state index is 5.99. The molecule has 0 amide bonds. The minimum atomic E-state index is -1.73. The number of rotatable bonds is 17. The first-order valence-electron chi connectivity index (χ1n) is 12.5. The Balaban J connectivity index is 3.12. The summed E-state index contributed by atoms with van der Waals surface area (Å²) in [6, 6.07) is 7.23. The Labute approximate surface area is 590 Å². The summed E-state index contributed by atoms with van der Waals surface area (Å²) >= 11 is 49.8. The van der Waals surface area contributed by atoms with Crippen LogP contribution in [0.4, 0.5) is 5.95 Å². The number of halogens is 33. The maximum atomic E-state index is 5.99. The topological polar surface area (TPSA) is 36.7 Å². The number of aromatic nitrogens is 3. The molecule has 0 spiro atoms. The van der Waals surface area contributed by atoms with E-state index >= 15 is 0 Å². The van der Waals surface area contributed by atoms with Gasteiger partial charge >= 0.3 is 617 Å². The van der Waals surface area contributed by atoms with Gasteiger partial charge in [0.25, 0.3) is 0 Å². The molecule has 55 heavy (non-hydrogen) atoms. The summed E-state index contributed by atoms with van der Waals surface area (Å²) in [6.07, 6.45) is 2.23. The van der Waals surface area contributed by atoms with Crippen LogP contribution >= 0.6 is 446 Å². The van der Waals surface area contributed by atoms with Crippen molar-refractivity contribution in [3.05, 3.63) is 24.4 Å². The van der Waals surface area contributed by atoms with Crippen molar-refractivity contribution < 1.29 is 57.0 Å². The van der Waals surface area contributed by atoms with E-state index in [1.165, 1.54) is 5.95 Å². The van der Waals surface area contributed by atoms with Crippen molar-refractivity contribution in [1.29, 1.82) is 0 Å². The number of anilines is 1. The summed E-state index contributed by atoms with van der Waals surface area (Å²) < 4.78 is 3.20. The quantitative estimate of drug-likeness (QED) is 0.0899. The van der Waals surface area contributed by atoms with Gasteiger partial charge in [0.1, 0.15) is 0 Å². The van der Waals surface area contributed by atoms with E-state index in [-0.39, 0.29) is 55.8 Å². The molecule has 1 aliphatic heterocycles. The minimum absolute atomic E-state index is 0.0844. The van der Waals surface area contributed by atoms with E-state index in [0.29, 0.717) is 20.8 Å². The monoisotopic (exact) mass is 4480 g/mol. The molecule has 0 aromatic carbocycles. The number of pyridine rings is 1. The predicted molar refractivity (Wildman–Crippen MR) is 489 cm³/mol. The summed E-state index contributed by atoms with van der Waals surface area (Å²) in [7, 11) is -7.19. The van der Waals surface area contributed by atoms with Crippen molar-refractivity contribution in [2.24, 2.45) is 5.41 Å². The number of fused-ring (bicyclic) bond motifs is 1. The SMILES string of the molecule is CC(C)N1C(I)([I-]I)C(C)(C)C(I(I)I(I)I)(I(I)I(I)[I-]I)N(c2nc3ccccn3n2)C(I(I)I(I)I(I)I)(I(I)I(I)I(I)[I-]I)C1(C)I(I)[I-]I. The predicted octanol–water partition coefficient (Wildman–Crippen LogP) is 15.5. The van der Waals surface area contributed by atoms with Gasteiger partial charge in [0.2, 0.25) is 0 Å². The summed E-state index contributed by atoms with van der Waals surface area (Å²) in [5.41, 5.74) is 1.22. The summed E-state index contributed by atoms with van der Waals surface area (Å²) in [6.45, 7) is 14.3. The Hall–Kier alpha value is 22.5. The molecule has 1 aliphatic rings. The fourth-order valence-electron chi connectivity index (χ4n) is 5.20. The number of hydrogen-bond acceptors (Lipinski definition) is 4. The van der Waals surface area contributed by atoms with Crippen molar-refractivity contribution >= 4 is 457 Å². The zero-order valence-electron chi connectivity index (χ0n) is 26.1. The van der Waals surface area contributed by atoms with E-state index in [1.54, 1.807) is 0 Å². The molecule has 2 aromatic rings. The third kappa shape index (κ3) is 15.9. The molecule has 1 fully saturated rings. The summed E-state index contributed by atoms with van der Waals surface area (Å²) in [5.74, 6) is 1.24. The second-order valence-corrected chi connectivity index (χ2v) is 485. The van der Waals surface area contributed by atoms with Gasteiger partial charge < -0.3 is 0 Å². The first-order chi connectivity index (χ1) is 25.4. The van der Waals surface area contributed by atoms with Crippen LogP contribution < -0.4 is 61.9 Å². The fourth-order valence-corrected chi connectivity index (χ4v) is 1340. The van der Waals surface area contributed by atoms with Crippen LogP contribution in [-0.4, -0.2) is 33.7 Å². The normalized spacial score (nSPS) is 29.3. The molecule has 4 unspecified atom stereocenters. The molecule has 348 valence electrons. The van der Waals surface area contributed by atoms with Crippen molar-refractivity contribution in [1.82, 2.24) is 19.5 Å². The van der Waals surface area contributed by atoms with Gasteiger partial charge in [-0.25, -0.2) is 0 Å². The van der Waals surface area contributed by atoms with E-state index in [2.05, 4.69) is 412 Å². The van der Waals surface area contributed by atoms with Crippen molar-refractivity contribution in [3.63, 3.8) is 0 Å². The zero-order valence-corrected chi connectivity index (χ0v) is 97.3. The van der Waals surface area contributed by atoms with E-state index in [4.69, 9.17) is 10.1 Å². The molecule has 0 saturated carbocycles. The fraction of sp³-hybridized carbons (Fsp3) is 0.647. The van der Waals surface area contributed by atoms with Crippen LogP contribution in [0.3, 0.4) is 0 Å². The van der Waals surface area contributed by atoms with E-state index in [0.717, 1.165) is 5.65 Å². The van der Waals surface area contributed by atoms with E-state index < -0.39 is 107 Å². The summed E-state index contributed by atoms with van der Waals surface area (Å²) in [4.78, 5) is 13.1. The van der Waals surface area contributed by atoms with Gasteiger partial charge in [-0.05, 0) is 0 Å². The second-order valence-electron chi connectivity index (χ2n) is 10.1. The van der Waals surface area contributed by atoms with Crippen molar-refractivity contribution in [2.45, 2.75) is 48.9 Å². The van der Waals surface area contributed by atoms with Crippen LogP contribution in [0.25, 0.3) is 5.65 Å². The zero-order chi connectivity index (χ0) is 42.4. The first kappa shape index (κ1) is 71.7. The van der Waals surface area contributed by atoms with Crippen LogP contribution in [0.1, 0.15) is 34.6 Å². The van der Waals surface area contributed by atoms with Gasteiger partial charge in [0.15, 0.2) is 0 Å². The molecular formula is C17H20I33N5-4. The molecule has 3 rings (SSSR count). The Bertz CT molecular complexity index is 1520. The van der Waals surface area contributed by atoms with Gasteiger partial charge in [-0.3, -0.25) is 0 Å². The molecular weight excluding hydrogens is 4460 g/mol. The van der Waals surface area contributed by atoms with Crippen LogP contribution in [-0.2, 0) is 0 Å². The van der Waals surface area contributed by atoms with Gasteiger partial charge in [-0.1, -0.05) is 0 Å². The van der Waals surface area contributed by atoms with Gasteiger partial charge in [-0.15, -0.1) is 0 Å². The average Bonchev–Trinajstić information content (AvgIpc) is 3.57. The Morgan fingerprint density at radius 2 is 1.22 bits per heavy atom. The van der Waals surface area contributed by atoms with Gasteiger partial charge in [-0.2, -0.15) is 0 Å². The van der Waals surface area contributed by atoms with Crippen LogP contribution in [0.5, 0.6) is 0 Å². The molecule has 4 atom stereocenters. The van der Waals surface area contributed by atoms with Crippen LogP contribution in [0, 0.1) is 5.41 Å². The first-order valence-corrected chi connectivity index (χ1v) is 183. The van der Waals surface area contributed by atoms with E-state index in [1.807, 2.05) is 0 Å². The summed E-state index contributed by atoms with van der Waals surface area (Å²) in [5, 5.41) is 5.95. The molecule has 0 radical (unpaired) electrons. The number of hydrogen-bond donors (Lipinski definition) is 0. The molecule has 38 heteroatoms. The van der Waals surface area contributed by atoms with Crippen molar-refractivity contribution in [3.8, 4) is 0 Å². The molecule has 2 aromatic heterocycles. The second kappa shape index (κ2) is 33.8. The Morgan fingerprint density at radius 1 is 0.673 bits per heavy atom.